The average molecular weight is 437 g/mol. The summed E-state index contributed by atoms with van der Waals surface area (Å²) in [5, 5.41) is 9.29. The van der Waals surface area contributed by atoms with E-state index in [0.29, 0.717) is 17.3 Å². The molecular weight excluding hydrogens is 388 g/mol. The highest BCUT2D eigenvalue weighted by atomic mass is 28.4. The van der Waals surface area contributed by atoms with Gasteiger partial charge in [-0.25, -0.2) is 4.79 Å². The Morgan fingerprint density at radius 2 is 1.90 bits per heavy atom. The van der Waals surface area contributed by atoms with Crippen molar-refractivity contribution in [2.75, 3.05) is 0 Å². The van der Waals surface area contributed by atoms with Gasteiger partial charge in [0.1, 0.15) is 0 Å². The minimum Gasteiger partial charge on any atom is -0.478 e. The van der Waals surface area contributed by atoms with E-state index in [2.05, 4.69) is 48.5 Å². The van der Waals surface area contributed by atoms with Crippen LogP contribution in [0.15, 0.2) is 11.6 Å². The zero-order chi connectivity index (χ0) is 22.6. The van der Waals surface area contributed by atoms with E-state index in [9.17, 15) is 9.90 Å². The second kappa shape index (κ2) is 10.3. The SMILES string of the molecule is CC[Si](CC)(CC)OC(C)(C)CCC[C@@H](C)[C@H]1CC[C@H]2/C(=C/C(=O)O)CCC[C@]12C. The normalized spacial score (nSPS) is 29.8. The summed E-state index contributed by atoms with van der Waals surface area (Å²) in [5.74, 6) is 1.14. The predicted molar refractivity (Wildman–Crippen MR) is 129 cm³/mol. The summed E-state index contributed by atoms with van der Waals surface area (Å²) in [4.78, 5) is 11.3. The van der Waals surface area contributed by atoms with E-state index in [1.165, 1.54) is 61.9 Å². The Balaban J connectivity index is 1.95. The van der Waals surface area contributed by atoms with Crippen molar-refractivity contribution in [3.8, 4) is 0 Å². The Morgan fingerprint density at radius 3 is 2.47 bits per heavy atom. The van der Waals surface area contributed by atoms with Gasteiger partial charge in [0.15, 0.2) is 8.32 Å². The van der Waals surface area contributed by atoms with E-state index in [1.807, 2.05) is 0 Å². The lowest BCUT2D eigenvalue weighted by atomic mass is 9.60. The van der Waals surface area contributed by atoms with Crippen LogP contribution < -0.4 is 0 Å². The summed E-state index contributed by atoms with van der Waals surface area (Å²) in [6.45, 7) is 16.4. The first kappa shape index (κ1) is 25.6. The summed E-state index contributed by atoms with van der Waals surface area (Å²) in [6, 6.07) is 3.65. The van der Waals surface area contributed by atoms with Gasteiger partial charge >= 0.3 is 5.97 Å². The lowest BCUT2D eigenvalue weighted by Crippen LogP contribution is -2.44. The van der Waals surface area contributed by atoms with Crippen LogP contribution in [0.3, 0.4) is 0 Å². The molecule has 0 aliphatic heterocycles. The molecule has 30 heavy (non-hydrogen) atoms. The smallest absolute Gasteiger partial charge is 0.328 e. The van der Waals surface area contributed by atoms with Crippen LogP contribution in [0.25, 0.3) is 0 Å². The van der Waals surface area contributed by atoms with Crippen LogP contribution in [0.1, 0.15) is 99.8 Å². The highest BCUT2D eigenvalue weighted by Gasteiger charge is 2.50. The minimum atomic E-state index is -1.57. The second-order valence-electron chi connectivity index (χ2n) is 11.1. The van der Waals surface area contributed by atoms with Crippen LogP contribution in [0.2, 0.25) is 18.1 Å². The molecule has 2 fully saturated rings. The second-order valence-corrected chi connectivity index (χ2v) is 15.8. The number of hydrogen-bond donors (Lipinski definition) is 1. The number of carboxylic acid groups (broad SMARTS) is 1. The van der Waals surface area contributed by atoms with Gasteiger partial charge in [-0.05, 0) is 93.7 Å². The van der Waals surface area contributed by atoms with Crippen molar-refractivity contribution in [1.82, 2.24) is 0 Å². The molecule has 0 aromatic heterocycles. The fourth-order valence-corrected chi connectivity index (χ4v) is 10.2. The number of rotatable bonds is 11. The Bertz CT molecular complexity index is 599. The molecule has 1 N–H and O–H groups in total. The Hall–Kier alpha value is -0.613. The van der Waals surface area contributed by atoms with Gasteiger partial charge in [-0.2, -0.15) is 0 Å². The van der Waals surface area contributed by atoms with E-state index >= 15 is 0 Å². The molecule has 0 heterocycles. The first-order chi connectivity index (χ1) is 14.0. The third-order valence-corrected chi connectivity index (χ3v) is 13.7. The lowest BCUT2D eigenvalue weighted by Gasteiger charge is -2.44. The monoisotopic (exact) mass is 436 g/mol. The third kappa shape index (κ3) is 5.79. The van der Waals surface area contributed by atoms with Crippen LogP contribution in [0, 0.1) is 23.2 Å². The number of fused-ring (bicyclic) bond motifs is 1. The number of aliphatic carboxylic acids is 1. The average Bonchev–Trinajstić information content (AvgIpc) is 3.03. The molecule has 0 bridgehead atoms. The number of carboxylic acids is 1. The van der Waals surface area contributed by atoms with E-state index in [0.717, 1.165) is 25.2 Å². The van der Waals surface area contributed by atoms with Crippen LogP contribution in [-0.2, 0) is 9.22 Å². The maximum Gasteiger partial charge on any atom is 0.328 e. The topological polar surface area (TPSA) is 46.5 Å². The zero-order valence-corrected chi connectivity index (χ0v) is 21.9. The molecular formula is C26H48O3Si. The predicted octanol–water partition coefficient (Wildman–Crippen LogP) is 7.82. The molecule has 0 saturated heterocycles. The van der Waals surface area contributed by atoms with Crippen LogP contribution in [-0.4, -0.2) is 25.0 Å². The molecule has 3 nitrogen and oxygen atoms in total. The standard InChI is InChI=1S/C26H48O3Si/c1-8-30(9-2,10-3)29-25(5,6)17-11-13-20(4)22-15-16-23-21(19-24(27)28)14-12-18-26(22,23)7/h19-20,22-23H,8-18H2,1-7H3,(H,27,28)/b21-19+/t20-,22-,23+,26-/m1/s1. The maximum atomic E-state index is 11.3. The van der Waals surface area contributed by atoms with Crippen molar-refractivity contribution >= 4 is 14.3 Å². The molecule has 2 aliphatic rings. The van der Waals surface area contributed by atoms with Gasteiger partial charge < -0.3 is 9.53 Å². The molecule has 4 atom stereocenters. The van der Waals surface area contributed by atoms with Crippen molar-refractivity contribution in [3.63, 3.8) is 0 Å². The van der Waals surface area contributed by atoms with E-state index in [-0.39, 0.29) is 5.60 Å². The lowest BCUT2D eigenvalue weighted by molar-refractivity contribution is -0.131. The molecule has 0 radical (unpaired) electrons. The Labute approximate surface area is 187 Å². The maximum absolute atomic E-state index is 11.3. The van der Waals surface area contributed by atoms with Gasteiger partial charge in [-0.1, -0.05) is 53.0 Å². The molecule has 174 valence electrons. The minimum absolute atomic E-state index is 0.0156. The molecule has 2 saturated carbocycles. The number of carbonyl (C=O) groups is 1. The molecule has 2 rings (SSSR count). The van der Waals surface area contributed by atoms with E-state index in [4.69, 9.17) is 4.43 Å². The molecule has 0 amide bonds. The molecule has 0 unspecified atom stereocenters. The fraction of sp³-hybridized carbons (Fsp3) is 0.885. The molecule has 4 heteroatoms. The molecule has 0 aromatic rings. The van der Waals surface area contributed by atoms with Gasteiger partial charge in [-0.15, -0.1) is 0 Å². The van der Waals surface area contributed by atoms with Crippen molar-refractivity contribution in [2.24, 2.45) is 23.2 Å². The highest BCUT2D eigenvalue weighted by molar-refractivity contribution is 6.73. The summed E-state index contributed by atoms with van der Waals surface area (Å²) < 4.78 is 6.81. The summed E-state index contributed by atoms with van der Waals surface area (Å²) >= 11 is 0. The summed E-state index contributed by atoms with van der Waals surface area (Å²) in [6.07, 6.45) is 11.0. The highest BCUT2D eigenvalue weighted by Crippen LogP contribution is 2.59. The van der Waals surface area contributed by atoms with Gasteiger partial charge in [0.2, 0.25) is 0 Å². The quantitative estimate of drug-likeness (QED) is 0.265. The van der Waals surface area contributed by atoms with Crippen LogP contribution in [0.5, 0.6) is 0 Å². The van der Waals surface area contributed by atoms with Crippen LogP contribution in [0.4, 0.5) is 0 Å². The summed E-state index contributed by atoms with van der Waals surface area (Å²) in [7, 11) is -1.57. The van der Waals surface area contributed by atoms with E-state index < -0.39 is 14.3 Å². The number of allylic oxidation sites excluding steroid dienone is 1. The van der Waals surface area contributed by atoms with Gasteiger partial charge in [-0.3, -0.25) is 0 Å². The molecule has 0 spiro atoms. The van der Waals surface area contributed by atoms with Crippen LogP contribution >= 0.6 is 0 Å². The van der Waals surface area contributed by atoms with E-state index in [1.54, 1.807) is 0 Å². The molecule has 0 aromatic carbocycles. The first-order valence-electron chi connectivity index (χ1n) is 12.7. The van der Waals surface area contributed by atoms with Gasteiger partial charge in [0.25, 0.3) is 0 Å². The van der Waals surface area contributed by atoms with Crippen molar-refractivity contribution < 1.29 is 14.3 Å². The number of hydrogen-bond acceptors (Lipinski definition) is 2. The van der Waals surface area contributed by atoms with Crippen molar-refractivity contribution in [1.29, 1.82) is 0 Å². The van der Waals surface area contributed by atoms with Crippen molar-refractivity contribution in [3.05, 3.63) is 11.6 Å². The van der Waals surface area contributed by atoms with Gasteiger partial charge in [0.05, 0.1) is 5.60 Å². The zero-order valence-electron chi connectivity index (χ0n) is 20.9. The van der Waals surface area contributed by atoms with Crippen molar-refractivity contribution in [2.45, 2.75) is 124 Å². The Kier molecular flexibility index (Phi) is 8.84. The first-order valence-corrected chi connectivity index (χ1v) is 15.2. The van der Waals surface area contributed by atoms with Gasteiger partial charge in [0, 0.05) is 6.08 Å². The third-order valence-electron chi connectivity index (χ3n) is 8.90. The Morgan fingerprint density at radius 1 is 1.27 bits per heavy atom. The largest absolute Gasteiger partial charge is 0.478 e. The summed E-state index contributed by atoms with van der Waals surface area (Å²) in [5.41, 5.74) is 1.48. The molecule has 2 aliphatic carbocycles. The fourth-order valence-electron chi connectivity index (χ4n) is 7.00.